The average Bonchev–Trinajstić information content (AvgIpc) is 2.94. The van der Waals surface area contributed by atoms with Gasteiger partial charge in [0, 0.05) is 24.8 Å². The molecule has 126 valence electrons. The summed E-state index contributed by atoms with van der Waals surface area (Å²) < 4.78 is 43.4. The largest absolute Gasteiger partial charge is 0.481 e. The van der Waals surface area contributed by atoms with Crippen molar-refractivity contribution in [3.8, 4) is 11.5 Å². The summed E-state index contributed by atoms with van der Waals surface area (Å²) in [4.78, 5) is 11.1. The van der Waals surface area contributed by atoms with Crippen molar-refractivity contribution < 1.29 is 32.5 Å². The summed E-state index contributed by atoms with van der Waals surface area (Å²) in [7, 11) is -3.89. The minimum absolute atomic E-state index is 0.0120. The van der Waals surface area contributed by atoms with E-state index >= 15 is 0 Å². The van der Waals surface area contributed by atoms with Crippen LogP contribution in [0, 0.1) is 0 Å². The molecule has 0 atom stereocenters. The molecule has 1 fully saturated rings. The molecule has 0 amide bonds. The van der Waals surface area contributed by atoms with Crippen LogP contribution < -0.4 is 14.2 Å². The minimum Gasteiger partial charge on any atom is -0.481 e. The third-order valence-corrected chi connectivity index (χ3v) is 5.52. The predicted molar refractivity (Wildman–Crippen MR) is 77.9 cm³/mol. The molecule has 2 heterocycles. The van der Waals surface area contributed by atoms with E-state index in [4.69, 9.17) is 19.3 Å². The highest BCUT2D eigenvalue weighted by atomic mass is 32.2. The maximum atomic E-state index is 12.6. The van der Waals surface area contributed by atoms with Crippen molar-refractivity contribution in [1.29, 1.82) is 0 Å². The molecule has 0 unspecified atom stereocenters. The van der Waals surface area contributed by atoms with E-state index in [2.05, 4.69) is 4.72 Å². The number of hydrogen-bond donors (Lipinski definition) is 2. The molecule has 1 aromatic rings. The van der Waals surface area contributed by atoms with E-state index < -0.39 is 21.5 Å². The Labute approximate surface area is 133 Å². The van der Waals surface area contributed by atoms with Crippen LogP contribution in [-0.2, 0) is 19.6 Å². The monoisotopic (exact) mass is 343 g/mol. The molecule has 9 heteroatoms. The average molecular weight is 343 g/mol. The van der Waals surface area contributed by atoms with Gasteiger partial charge in [-0.25, -0.2) is 13.1 Å². The van der Waals surface area contributed by atoms with E-state index in [1.165, 1.54) is 18.2 Å². The number of carbonyl (C=O) groups is 1. The van der Waals surface area contributed by atoms with Crippen molar-refractivity contribution in [3.05, 3.63) is 18.2 Å². The lowest BCUT2D eigenvalue weighted by molar-refractivity contribution is -0.139. The highest BCUT2D eigenvalue weighted by Crippen LogP contribution is 2.35. The lowest BCUT2D eigenvalue weighted by Gasteiger charge is -2.36. The topological polar surface area (TPSA) is 111 Å². The van der Waals surface area contributed by atoms with E-state index in [1.54, 1.807) is 0 Å². The Balaban J connectivity index is 1.87. The zero-order valence-corrected chi connectivity index (χ0v) is 13.1. The van der Waals surface area contributed by atoms with E-state index in [0.29, 0.717) is 37.6 Å². The number of aliphatic carboxylic acids is 1. The fourth-order valence-electron chi connectivity index (χ4n) is 2.75. The number of hydrogen-bond acceptors (Lipinski definition) is 6. The van der Waals surface area contributed by atoms with Crippen molar-refractivity contribution in [2.24, 2.45) is 0 Å². The van der Waals surface area contributed by atoms with Gasteiger partial charge in [-0.15, -0.1) is 0 Å². The Morgan fingerprint density at radius 2 is 1.91 bits per heavy atom. The highest BCUT2D eigenvalue weighted by Gasteiger charge is 2.39. The normalized spacial score (nSPS) is 19.5. The first-order valence-electron chi connectivity index (χ1n) is 7.13. The van der Waals surface area contributed by atoms with Crippen LogP contribution >= 0.6 is 0 Å². The molecule has 1 saturated heterocycles. The van der Waals surface area contributed by atoms with Crippen molar-refractivity contribution in [2.45, 2.75) is 29.7 Å². The number of rotatable bonds is 5. The number of carboxylic acids is 1. The summed E-state index contributed by atoms with van der Waals surface area (Å²) in [5.74, 6) is -0.220. The van der Waals surface area contributed by atoms with Crippen LogP contribution in [-0.4, -0.2) is 45.0 Å². The molecule has 3 rings (SSSR count). The molecule has 0 bridgehead atoms. The Kier molecular flexibility index (Phi) is 4.17. The van der Waals surface area contributed by atoms with Gasteiger partial charge in [-0.05, 0) is 25.0 Å². The van der Waals surface area contributed by atoms with E-state index in [9.17, 15) is 13.2 Å². The zero-order chi connectivity index (χ0) is 16.5. The summed E-state index contributed by atoms with van der Waals surface area (Å²) in [6.07, 6.45) is 0.326. The molecule has 0 aliphatic carbocycles. The Hall–Kier alpha value is -1.84. The lowest BCUT2D eigenvalue weighted by atomic mass is 9.88. The van der Waals surface area contributed by atoms with Gasteiger partial charge in [-0.3, -0.25) is 4.79 Å². The zero-order valence-electron chi connectivity index (χ0n) is 12.3. The van der Waals surface area contributed by atoms with Crippen LogP contribution in [0.2, 0.25) is 0 Å². The van der Waals surface area contributed by atoms with Crippen molar-refractivity contribution in [1.82, 2.24) is 4.72 Å². The lowest BCUT2D eigenvalue weighted by Crippen LogP contribution is -2.53. The van der Waals surface area contributed by atoms with Gasteiger partial charge in [0.2, 0.25) is 16.8 Å². The first-order chi connectivity index (χ1) is 10.9. The smallest absolute Gasteiger partial charge is 0.305 e. The molecule has 23 heavy (non-hydrogen) atoms. The second kappa shape index (κ2) is 5.99. The van der Waals surface area contributed by atoms with Gasteiger partial charge in [0.1, 0.15) is 0 Å². The molecule has 2 N–H and O–H groups in total. The van der Waals surface area contributed by atoms with E-state index in [0.717, 1.165) is 0 Å². The van der Waals surface area contributed by atoms with Gasteiger partial charge >= 0.3 is 5.97 Å². The molecule has 8 nitrogen and oxygen atoms in total. The Morgan fingerprint density at radius 1 is 1.22 bits per heavy atom. The van der Waals surface area contributed by atoms with Crippen LogP contribution in [0.15, 0.2) is 23.1 Å². The van der Waals surface area contributed by atoms with Gasteiger partial charge in [0.15, 0.2) is 11.5 Å². The van der Waals surface area contributed by atoms with E-state index in [1.807, 2.05) is 0 Å². The second-order valence-electron chi connectivity index (χ2n) is 5.58. The maximum absolute atomic E-state index is 12.6. The second-order valence-corrected chi connectivity index (χ2v) is 7.27. The van der Waals surface area contributed by atoms with Crippen LogP contribution in [0.5, 0.6) is 11.5 Å². The molecule has 0 aromatic heterocycles. The third kappa shape index (κ3) is 3.41. The Morgan fingerprint density at radius 3 is 2.61 bits per heavy atom. The molecule has 2 aliphatic rings. The summed E-state index contributed by atoms with van der Waals surface area (Å²) in [5, 5.41) is 9.11. The quantitative estimate of drug-likeness (QED) is 0.810. The van der Waals surface area contributed by atoms with Gasteiger partial charge < -0.3 is 19.3 Å². The summed E-state index contributed by atoms with van der Waals surface area (Å²) in [5.41, 5.74) is -1.04. The summed E-state index contributed by atoms with van der Waals surface area (Å²) in [6.45, 7) is 0.681. The van der Waals surface area contributed by atoms with E-state index in [-0.39, 0.29) is 18.1 Å². The first kappa shape index (κ1) is 16.0. The fourth-order valence-corrected chi connectivity index (χ4v) is 4.23. The minimum atomic E-state index is -3.89. The maximum Gasteiger partial charge on any atom is 0.305 e. The van der Waals surface area contributed by atoms with Crippen LogP contribution in [0.3, 0.4) is 0 Å². The number of fused-ring (bicyclic) bond motifs is 1. The fraction of sp³-hybridized carbons (Fsp3) is 0.500. The van der Waals surface area contributed by atoms with Crippen LogP contribution in [0.4, 0.5) is 0 Å². The molecular weight excluding hydrogens is 326 g/mol. The summed E-state index contributed by atoms with van der Waals surface area (Å²) in [6, 6.07) is 4.30. The molecule has 2 aliphatic heterocycles. The van der Waals surface area contributed by atoms with Crippen molar-refractivity contribution in [2.75, 3.05) is 20.0 Å². The number of sulfonamides is 1. The first-order valence-corrected chi connectivity index (χ1v) is 8.62. The predicted octanol–water partition coefficient (Wildman–Crippen LogP) is 0.718. The standard InChI is InChI=1S/C14H17NO7S/c16-13(17)8-14(3-5-20-6-4-14)15-23(18,19)10-1-2-11-12(7-10)22-9-21-11/h1-2,7,15H,3-6,8-9H2,(H,16,17). The Bertz CT molecular complexity index is 710. The van der Waals surface area contributed by atoms with Gasteiger partial charge in [0.05, 0.1) is 11.3 Å². The van der Waals surface area contributed by atoms with Crippen molar-refractivity contribution in [3.63, 3.8) is 0 Å². The van der Waals surface area contributed by atoms with Crippen molar-refractivity contribution >= 4 is 16.0 Å². The SMILES string of the molecule is O=C(O)CC1(NS(=O)(=O)c2ccc3c(c2)OCO3)CCOCC1. The number of nitrogens with one attached hydrogen (secondary N) is 1. The number of carboxylic acid groups (broad SMARTS) is 1. The number of benzene rings is 1. The van der Waals surface area contributed by atoms with Gasteiger partial charge in [0.25, 0.3) is 0 Å². The molecule has 0 saturated carbocycles. The van der Waals surface area contributed by atoms with Crippen LogP contribution in [0.25, 0.3) is 0 Å². The molecular formula is C14H17NO7S. The third-order valence-electron chi connectivity index (χ3n) is 3.94. The van der Waals surface area contributed by atoms with Crippen LogP contribution in [0.1, 0.15) is 19.3 Å². The molecule has 1 aromatic carbocycles. The van der Waals surface area contributed by atoms with Gasteiger partial charge in [-0.1, -0.05) is 0 Å². The van der Waals surface area contributed by atoms with Gasteiger partial charge in [-0.2, -0.15) is 0 Å². The summed E-state index contributed by atoms with van der Waals surface area (Å²) >= 11 is 0. The molecule has 0 radical (unpaired) electrons. The molecule has 0 spiro atoms. The number of ether oxygens (including phenoxy) is 3. The highest BCUT2D eigenvalue weighted by molar-refractivity contribution is 7.89.